The molecule has 1 aromatic heterocycles. The van der Waals surface area contributed by atoms with E-state index in [-0.39, 0.29) is 0 Å². The summed E-state index contributed by atoms with van der Waals surface area (Å²) in [6.07, 6.45) is 0. The molecule has 16 heavy (non-hydrogen) atoms. The van der Waals surface area contributed by atoms with Crippen LogP contribution in [0.1, 0.15) is 0 Å². The number of aromatic nitrogens is 1. The fraction of sp³-hybridized carbons (Fsp3) is 0. The van der Waals surface area contributed by atoms with Gasteiger partial charge in [-0.3, -0.25) is 0 Å². The lowest BCUT2D eigenvalue weighted by Gasteiger charge is -2.05. The molecule has 1 heterocycles. The van der Waals surface area contributed by atoms with Gasteiger partial charge in [-0.25, -0.2) is 0 Å². The SMILES string of the molecule is Clc1cc(Oc2nc(Br)cs2)c(Cl)cc1Br. The van der Waals surface area contributed by atoms with Crippen molar-refractivity contribution in [3.63, 3.8) is 0 Å². The number of hydrogen-bond donors (Lipinski definition) is 0. The Bertz CT molecular complexity index is 532. The van der Waals surface area contributed by atoms with Crippen LogP contribution in [0.5, 0.6) is 10.9 Å². The number of hydrogen-bond acceptors (Lipinski definition) is 3. The quantitative estimate of drug-likeness (QED) is 0.594. The summed E-state index contributed by atoms with van der Waals surface area (Å²) in [7, 11) is 0. The highest BCUT2D eigenvalue weighted by atomic mass is 79.9. The van der Waals surface area contributed by atoms with Crippen LogP contribution in [0, 0.1) is 0 Å². The Morgan fingerprint density at radius 1 is 1.19 bits per heavy atom. The van der Waals surface area contributed by atoms with Crippen molar-refractivity contribution in [1.82, 2.24) is 4.98 Å². The zero-order chi connectivity index (χ0) is 11.7. The topological polar surface area (TPSA) is 22.1 Å². The van der Waals surface area contributed by atoms with Gasteiger partial charge in [0.2, 0.25) is 0 Å². The maximum atomic E-state index is 6.01. The van der Waals surface area contributed by atoms with Gasteiger partial charge in [0.15, 0.2) is 5.75 Å². The van der Waals surface area contributed by atoms with E-state index in [1.165, 1.54) is 11.3 Å². The van der Waals surface area contributed by atoms with E-state index in [1.807, 2.05) is 5.38 Å². The van der Waals surface area contributed by atoms with Gasteiger partial charge in [0.1, 0.15) is 4.60 Å². The number of ether oxygens (including phenoxy) is 1. The van der Waals surface area contributed by atoms with Crippen molar-refractivity contribution in [1.29, 1.82) is 0 Å². The average molecular weight is 404 g/mol. The minimum absolute atomic E-state index is 0.475. The van der Waals surface area contributed by atoms with Crippen molar-refractivity contribution < 1.29 is 4.74 Å². The smallest absolute Gasteiger partial charge is 0.279 e. The second-order valence-corrected chi connectivity index (χ2v) is 6.04. The van der Waals surface area contributed by atoms with Gasteiger partial charge in [0.25, 0.3) is 5.19 Å². The molecular formula is C9H3Br2Cl2NOS. The van der Waals surface area contributed by atoms with Crippen LogP contribution in [0.2, 0.25) is 10.0 Å². The molecule has 0 unspecified atom stereocenters. The summed E-state index contributed by atoms with van der Waals surface area (Å²) in [4.78, 5) is 4.10. The van der Waals surface area contributed by atoms with Crippen LogP contribution in [0.15, 0.2) is 26.6 Å². The molecule has 0 saturated carbocycles. The predicted octanol–water partition coefficient (Wildman–Crippen LogP) is 5.77. The molecule has 2 rings (SSSR count). The average Bonchev–Trinajstić information content (AvgIpc) is 2.60. The monoisotopic (exact) mass is 401 g/mol. The summed E-state index contributed by atoms with van der Waals surface area (Å²) >= 11 is 19.8. The first-order valence-electron chi connectivity index (χ1n) is 3.99. The van der Waals surface area contributed by atoms with E-state index < -0.39 is 0 Å². The Balaban J connectivity index is 2.31. The third-order valence-corrected chi connectivity index (χ3v) is 4.55. The molecule has 0 aliphatic heterocycles. The first-order chi connectivity index (χ1) is 7.56. The molecule has 0 aliphatic rings. The van der Waals surface area contributed by atoms with E-state index in [4.69, 9.17) is 27.9 Å². The van der Waals surface area contributed by atoms with Crippen LogP contribution < -0.4 is 4.74 Å². The summed E-state index contributed by atoms with van der Waals surface area (Å²) in [5.41, 5.74) is 0. The third kappa shape index (κ3) is 2.90. The van der Waals surface area contributed by atoms with Gasteiger partial charge in [-0.05, 0) is 37.9 Å². The number of benzene rings is 1. The molecule has 0 atom stereocenters. The molecule has 2 aromatic rings. The van der Waals surface area contributed by atoms with Crippen molar-refractivity contribution in [3.8, 4) is 10.9 Å². The molecule has 0 aliphatic carbocycles. The molecule has 84 valence electrons. The van der Waals surface area contributed by atoms with E-state index in [0.29, 0.717) is 21.0 Å². The summed E-state index contributed by atoms with van der Waals surface area (Å²) in [5, 5.41) is 3.34. The van der Waals surface area contributed by atoms with Gasteiger partial charge < -0.3 is 4.74 Å². The molecule has 2 nitrogen and oxygen atoms in total. The molecule has 7 heteroatoms. The fourth-order valence-corrected chi connectivity index (χ4v) is 2.89. The van der Waals surface area contributed by atoms with E-state index in [1.54, 1.807) is 12.1 Å². The molecule has 0 bridgehead atoms. The van der Waals surface area contributed by atoms with Crippen LogP contribution in [-0.2, 0) is 0 Å². The zero-order valence-corrected chi connectivity index (χ0v) is 13.0. The predicted molar refractivity (Wildman–Crippen MR) is 74.1 cm³/mol. The molecule has 0 N–H and O–H groups in total. The van der Waals surface area contributed by atoms with Crippen molar-refractivity contribution in [2.45, 2.75) is 0 Å². The molecule has 0 radical (unpaired) electrons. The van der Waals surface area contributed by atoms with Crippen LogP contribution in [0.3, 0.4) is 0 Å². The van der Waals surface area contributed by atoms with Crippen molar-refractivity contribution in [3.05, 3.63) is 36.6 Å². The maximum Gasteiger partial charge on any atom is 0.279 e. The molecule has 1 aromatic carbocycles. The van der Waals surface area contributed by atoms with Gasteiger partial charge in [-0.1, -0.05) is 34.5 Å². The molecule has 0 amide bonds. The lowest BCUT2D eigenvalue weighted by molar-refractivity contribution is 0.478. The van der Waals surface area contributed by atoms with Crippen molar-refractivity contribution >= 4 is 66.4 Å². The second-order valence-electron chi connectivity index (χ2n) is 2.73. The molecule has 0 spiro atoms. The summed E-state index contributed by atoms with van der Waals surface area (Å²) < 4.78 is 6.96. The number of halogens is 4. The highest BCUT2D eigenvalue weighted by molar-refractivity contribution is 9.10. The van der Waals surface area contributed by atoms with Crippen LogP contribution >= 0.6 is 66.4 Å². The maximum absolute atomic E-state index is 6.01. The molecule has 0 fully saturated rings. The first-order valence-corrected chi connectivity index (χ1v) is 7.22. The Hall–Kier alpha value is 0.190. The highest BCUT2D eigenvalue weighted by Crippen LogP contribution is 2.37. The van der Waals surface area contributed by atoms with Gasteiger partial charge >= 0.3 is 0 Å². The standard InChI is InChI=1S/C9H3Br2Cl2NOS/c10-4-1-6(13)7(2-5(4)12)15-9-14-8(11)3-16-9/h1-3H. The highest BCUT2D eigenvalue weighted by Gasteiger charge is 2.09. The third-order valence-electron chi connectivity index (χ3n) is 1.63. The Morgan fingerprint density at radius 2 is 1.94 bits per heavy atom. The summed E-state index contributed by atoms with van der Waals surface area (Å²) in [6, 6.07) is 3.32. The van der Waals surface area contributed by atoms with Gasteiger partial charge in [-0.2, -0.15) is 4.98 Å². The van der Waals surface area contributed by atoms with Crippen LogP contribution in [0.4, 0.5) is 0 Å². The van der Waals surface area contributed by atoms with Crippen molar-refractivity contribution in [2.75, 3.05) is 0 Å². The van der Waals surface area contributed by atoms with Crippen LogP contribution in [-0.4, -0.2) is 4.98 Å². The lowest BCUT2D eigenvalue weighted by atomic mass is 10.3. The van der Waals surface area contributed by atoms with Gasteiger partial charge in [0.05, 0.1) is 10.0 Å². The minimum Gasteiger partial charge on any atom is -0.429 e. The van der Waals surface area contributed by atoms with E-state index in [2.05, 4.69) is 36.8 Å². The largest absolute Gasteiger partial charge is 0.429 e. The Kier molecular flexibility index (Phi) is 4.13. The normalized spacial score (nSPS) is 10.5. The first kappa shape index (κ1) is 12.6. The van der Waals surface area contributed by atoms with E-state index in [0.717, 1.165) is 9.08 Å². The molecule has 0 saturated heterocycles. The van der Waals surface area contributed by atoms with E-state index >= 15 is 0 Å². The second kappa shape index (κ2) is 5.23. The number of thiazole rings is 1. The lowest BCUT2D eigenvalue weighted by Crippen LogP contribution is -1.85. The summed E-state index contributed by atoms with van der Waals surface area (Å²) in [5.74, 6) is 0.483. The number of rotatable bonds is 2. The molecular weight excluding hydrogens is 401 g/mol. The zero-order valence-electron chi connectivity index (χ0n) is 7.51. The van der Waals surface area contributed by atoms with Gasteiger partial charge in [0, 0.05) is 15.9 Å². The minimum atomic E-state index is 0.475. The fourth-order valence-electron chi connectivity index (χ4n) is 0.962. The summed E-state index contributed by atoms with van der Waals surface area (Å²) in [6.45, 7) is 0. The van der Waals surface area contributed by atoms with Crippen LogP contribution in [0.25, 0.3) is 0 Å². The van der Waals surface area contributed by atoms with Crippen molar-refractivity contribution in [2.24, 2.45) is 0 Å². The number of nitrogens with zero attached hydrogens (tertiary/aromatic N) is 1. The van der Waals surface area contributed by atoms with E-state index in [9.17, 15) is 0 Å². The van der Waals surface area contributed by atoms with Gasteiger partial charge in [-0.15, -0.1) is 0 Å². The Morgan fingerprint density at radius 3 is 2.56 bits per heavy atom. The Labute approximate surface area is 123 Å².